The van der Waals surface area contributed by atoms with Crippen molar-refractivity contribution in [1.29, 1.82) is 5.26 Å². The summed E-state index contributed by atoms with van der Waals surface area (Å²) in [5.74, 6) is -2.06. The largest absolute Gasteiger partial charge is 0.493 e. The molecule has 0 aliphatic carbocycles. The normalized spacial score (nSPS) is 10.8. The highest BCUT2D eigenvalue weighted by Crippen LogP contribution is 2.33. The molecule has 1 aromatic carbocycles. The first-order chi connectivity index (χ1) is 11.8. The molecular weight excluding hydrogens is 371 g/mol. The Morgan fingerprint density at radius 1 is 1.32 bits per heavy atom. The van der Waals surface area contributed by atoms with Gasteiger partial charge in [0.2, 0.25) is 5.88 Å². The van der Waals surface area contributed by atoms with Crippen molar-refractivity contribution in [2.45, 2.75) is 13.5 Å². The number of pyridine rings is 1. The highest BCUT2D eigenvalue weighted by molar-refractivity contribution is 6.42. The summed E-state index contributed by atoms with van der Waals surface area (Å²) in [6, 6.07) is 6.12. The molecule has 0 aliphatic rings. The van der Waals surface area contributed by atoms with Crippen LogP contribution in [-0.4, -0.2) is 20.7 Å². The molecule has 0 saturated carbocycles. The minimum Gasteiger partial charge on any atom is -0.493 e. The van der Waals surface area contributed by atoms with Gasteiger partial charge in [-0.25, -0.2) is 0 Å². The molecule has 8 nitrogen and oxygen atoms in total. The molecule has 25 heavy (non-hydrogen) atoms. The van der Waals surface area contributed by atoms with Gasteiger partial charge in [-0.1, -0.05) is 23.2 Å². The van der Waals surface area contributed by atoms with Gasteiger partial charge in [-0.2, -0.15) is 10.4 Å². The molecule has 10 heteroatoms. The number of carbonyl (C=O) groups is 1. The fourth-order valence-corrected chi connectivity index (χ4v) is 2.29. The summed E-state index contributed by atoms with van der Waals surface area (Å²) in [5, 5.41) is 36.5. The quantitative estimate of drug-likeness (QED) is 0.783. The van der Waals surface area contributed by atoms with Crippen molar-refractivity contribution in [1.82, 2.24) is 4.57 Å². The van der Waals surface area contributed by atoms with Crippen LogP contribution in [0.1, 0.15) is 11.1 Å². The second kappa shape index (κ2) is 7.34. The zero-order valence-electron chi connectivity index (χ0n) is 12.7. The van der Waals surface area contributed by atoms with E-state index in [1.807, 2.05) is 0 Å². The number of aliphatic carboxylic acids is 1. The number of hydrogen-bond acceptors (Lipinski definition) is 6. The molecule has 2 N–H and O–H groups in total. The molecule has 0 spiro atoms. The van der Waals surface area contributed by atoms with E-state index in [9.17, 15) is 14.7 Å². The van der Waals surface area contributed by atoms with Crippen molar-refractivity contribution in [3.8, 4) is 11.9 Å². The van der Waals surface area contributed by atoms with Crippen molar-refractivity contribution in [3.05, 3.63) is 49.7 Å². The average molecular weight is 381 g/mol. The monoisotopic (exact) mass is 380 g/mol. The number of nitrogens with zero attached hydrogens (tertiary/aromatic N) is 4. The second-order valence-corrected chi connectivity index (χ2v) is 5.68. The van der Waals surface area contributed by atoms with E-state index >= 15 is 0 Å². The highest BCUT2D eigenvalue weighted by atomic mass is 35.5. The lowest BCUT2D eigenvalue weighted by Crippen LogP contribution is -2.27. The Kier molecular flexibility index (Phi) is 5.41. The van der Waals surface area contributed by atoms with Crippen LogP contribution in [-0.2, 0) is 11.3 Å². The minimum absolute atomic E-state index is 0.0791. The number of benzene rings is 1. The summed E-state index contributed by atoms with van der Waals surface area (Å²) in [5.41, 5.74) is -1.06. The zero-order valence-corrected chi connectivity index (χ0v) is 14.2. The maximum Gasteiger partial charge on any atom is 0.323 e. The standard InChI is InChI=1S/C15H10Cl2N4O4/c1-7-9(5-18)14(24)21(6-12(22)23)15(25)13(7)20-19-8-2-3-10(16)11(17)4-8/h2-4,25H,6H2,1H3,(H,22,23)/b20-19+. The lowest BCUT2D eigenvalue weighted by molar-refractivity contribution is -0.137. The van der Waals surface area contributed by atoms with E-state index in [1.54, 1.807) is 6.07 Å². The predicted molar refractivity (Wildman–Crippen MR) is 90.1 cm³/mol. The molecule has 2 rings (SSSR count). The Balaban J connectivity index is 2.62. The van der Waals surface area contributed by atoms with E-state index < -0.39 is 24.0 Å². The number of carboxylic acids is 1. The lowest BCUT2D eigenvalue weighted by atomic mass is 10.1. The van der Waals surface area contributed by atoms with Crippen LogP contribution in [0.2, 0.25) is 10.0 Å². The van der Waals surface area contributed by atoms with Crippen molar-refractivity contribution in [3.63, 3.8) is 0 Å². The van der Waals surface area contributed by atoms with Gasteiger partial charge in [0.1, 0.15) is 18.2 Å². The van der Waals surface area contributed by atoms with Gasteiger partial charge in [0, 0.05) is 5.56 Å². The molecule has 128 valence electrons. The predicted octanol–water partition coefficient (Wildman–Crippen LogP) is 3.54. The molecular formula is C15H10Cl2N4O4. The molecule has 0 aliphatic heterocycles. The van der Waals surface area contributed by atoms with Gasteiger partial charge in [0.15, 0.2) is 5.69 Å². The molecule has 1 aromatic heterocycles. The average Bonchev–Trinajstić information content (AvgIpc) is 2.55. The number of rotatable bonds is 4. The first-order valence-corrected chi connectivity index (χ1v) is 7.47. The van der Waals surface area contributed by atoms with Crippen molar-refractivity contribution < 1.29 is 15.0 Å². The minimum atomic E-state index is -1.36. The molecule has 1 heterocycles. The summed E-state index contributed by atoms with van der Waals surface area (Å²) >= 11 is 11.7. The maximum absolute atomic E-state index is 12.1. The topological polar surface area (TPSA) is 128 Å². The number of nitriles is 1. The third-order valence-corrected chi connectivity index (χ3v) is 3.97. The molecule has 0 bridgehead atoms. The molecule has 0 saturated heterocycles. The molecule has 0 unspecified atom stereocenters. The number of azo groups is 1. The van der Waals surface area contributed by atoms with Crippen molar-refractivity contribution in [2.75, 3.05) is 0 Å². The number of hydrogen-bond donors (Lipinski definition) is 2. The summed E-state index contributed by atoms with van der Waals surface area (Å²) in [4.78, 5) is 23.0. The van der Waals surface area contributed by atoms with Gasteiger partial charge >= 0.3 is 5.97 Å². The lowest BCUT2D eigenvalue weighted by Gasteiger charge is -2.11. The molecule has 2 aromatic rings. The number of carboxylic acid groups (broad SMARTS) is 1. The van der Waals surface area contributed by atoms with E-state index in [0.717, 1.165) is 0 Å². The Morgan fingerprint density at radius 2 is 2.00 bits per heavy atom. The first-order valence-electron chi connectivity index (χ1n) is 6.71. The van der Waals surface area contributed by atoms with Gasteiger partial charge in [-0.05, 0) is 25.1 Å². The SMILES string of the molecule is Cc1c(/N=N/c2ccc(Cl)c(Cl)c2)c(O)n(CC(=O)O)c(=O)c1C#N. The van der Waals surface area contributed by atoms with Gasteiger partial charge in [-0.15, -0.1) is 5.11 Å². The second-order valence-electron chi connectivity index (χ2n) is 4.87. The van der Waals surface area contributed by atoms with E-state index in [0.29, 0.717) is 15.3 Å². The smallest absolute Gasteiger partial charge is 0.323 e. The summed E-state index contributed by atoms with van der Waals surface area (Å²) in [6.07, 6.45) is 0. The summed E-state index contributed by atoms with van der Waals surface area (Å²) in [6.45, 7) is 0.572. The van der Waals surface area contributed by atoms with E-state index in [-0.39, 0.29) is 21.8 Å². The number of aromatic nitrogens is 1. The van der Waals surface area contributed by atoms with Crippen molar-refractivity contribution in [2.24, 2.45) is 10.2 Å². The van der Waals surface area contributed by atoms with Gasteiger partial charge in [0.05, 0.1) is 15.7 Å². The van der Waals surface area contributed by atoms with Crippen LogP contribution in [0.15, 0.2) is 33.2 Å². The van der Waals surface area contributed by atoms with Gasteiger partial charge in [-0.3, -0.25) is 14.2 Å². The molecule has 0 radical (unpaired) electrons. The third-order valence-electron chi connectivity index (χ3n) is 3.23. The highest BCUT2D eigenvalue weighted by Gasteiger charge is 2.20. The Bertz CT molecular complexity index is 992. The van der Waals surface area contributed by atoms with Gasteiger partial charge in [0.25, 0.3) is 5.56 Å². The maximum atomic E-state index is 12.1. The van der Waals surface area contributed by atoms with E-state index in [4.69, 9.17) is 33.6 Å². The van der Waals surface area contributed by atoms with Crippen LogP contribution in [0, 0.1) is 18.3 Å². The summed E-state index contributed by atoms with van der Waals surface area (Å²) < 4.78 is 0.539. The van der Waals surface area contributed by atoms with Crippen molar-refractivity contribution >= 4 is 40.5 Å². The fourth-order valence-electron chi connectivity index (χ4n) is 1.99. The number of aromatic hydroxyl groups is 1. The van der Waals surface area contributed by atoms with Crippen LogP contribution in [0.3, 0.4) is 0 Å². The zero-order chi connectivity index (χ0) is 18.7. The van der Waals surface area contributed by atoms with Crippen LogP contribution < -0.4 is 5.56 Å². The van der Waals surface area contributed by atoms with E-state index in [1.165, 1.54) is 25.1 Å². The van der Waals surface area contributed by atoms with Crippen LogP contribution >= 0.6 is 23.2 Å². The van der Waals surface area contributed by atoms with E-state index in [2.05, 4.69) is 10.2 Å². The van der Waals surface area contributed by atoms with Gasteiger partial charge < -0.3 is 10.2 Å². The Labute approximate surface area is 151 Å². The fraction of sp³-hybridized carbons (Fsp3) is 0.133. The van der Waals surface area contributed by atoms with Crippen LogP contribution in [0.5, 0.6) is 5.88 Å². The Hall–Kier alpha value is -2.89. The number of halogens is 2. The summed E-state index contributed by atoms with van der Waals surface area (Å²) in [7, 11) is 0. The molecule has 0 atom stereocenters. The van der Waals surface area contributed by atoms with Crippen LogP contribution in [0.25, 0.3) is 0 Å². The van der Waals surface area contributed by atoms with Crippen LogP contribution in [0.4, 0.5) is 11.4 Å². The molecule has 0 amide bonds. The molecule has 0 fully saturated rings. The third kappa shape index (κ3) is 3.79. The first kappa shape index (κ1) is 18.4. The Morgan fingerprint density at radius 3 is 2.56 bits per heavy atom.